The summed E-state index contributed by atoms with van der Waals surface area (Å²) in [5, 5.41) is 2.79. The highest BCUT2D eigenvalue weighted by molar-refractivity contribution is 5.96. The van der Waals surface area contributed by atoms with Gasteiger partial charge in [-0.15, -0.1) is 0 Å². The van der Waals surface area contributed by atoms with E-state index < -0.39 is 11.9 Å². The second-order valence-electron chi connectivity index (χ2n) is 6.11. The predicted molar refractivity (Wildman–Crippen MR) is 85.5 cm³/mol. The predicted octanol–water partition coefficient (Wildman–Crippen LogP) is 3.06. The van der Waals surface area contributed by atoms with Gasteiger partial charge in [0.1, 0.15) is 11.5 Å². The highest BCUT2D eigenvalue weighted by Crippen LogP contribution is 2.12. The Labute approximate surface area is 132 Å². The number of hydrogen-bond acceptors (Lipinski definition) is 3. The number of nitrogens with one attached hydrogen (secondary N) is 3. The molecule has 3 N–H and O–H groups in total. The molecule has 0 fully saturated rings. The lowest BCUT2D eigenvalue weighted by molar-refractivity contribution is 0.0934. The molecule has 1 aromatic heterocycles. The number of urea groups is 1. The lowest BCUT2D eigenvalue weighted by atomic mass is 10.0. The largest absolute Gasteiger partial charge is 0.466 e. The minimum absolute atomic E-state index is 0.0635. The van der Waals surface area contributed by atoms with Gasteiger partial charge in [0.05, 0.1) is 5.56 Å². The normalized spacial score (nSPS) is 12.1. The summed E-state index contributed by atoms with van der Waals surface area (Å²) in [6.45, 7) is 9.78. The topological polar surface area (TPSA) is 83.4 Å². The third kappa shape index (κ3) is 6.20. The van der Waals surface area contributed by atoms with E-state index in [0.717, 1.165) is 19.3 Å². The van der Waals surface area contributed by atoms with Gasteiger partial charge in [0.25, 0.3) is 5.91 Å². The third-order valence-electron chi connectivity index (χ3n) is 3.37. The van der Waals surface area contributed by atoms with Crippen molar-refractivity contribution in [1.29, 1.82) is 0 Å². The van der Waals surface area contributed by atoms with E-state index in [1.165, 1.54) is 0 Å². The van der Waals surface area contributed by atoms with Crippen molar-refractivity contribution in [2.45, 2.75) is 59.9 Å². The van der Waals surface area contributed by atoms with Gasteiger partial charge in [-0.2, -0.15) is 0 Å². The van der Waals surface area contributed by atoms with Gasteiger partial charge < -0.3 is 9.73 Å². The monoisotopic (exact) mass is 309 g/mol. The van der Waals surface area contributed by atoms with Crippen LogP contribution in [0.3, 0.4) is 0 Å². The first-order valence-electron chi connectivity index (χ1n) is 7.73. The van der Waals surface area contributed by atoms with Crippen LogP contribution in [-0.2, 0) is 0 Å². The average molecular weight is 309 g/mol. The molecule has 0 aliphatic rings. The SMILES string of the molecule is Cc1cc(C(=O)NNC(=O)NC(C)CCCC(C)C)c(C)o1. The van der Waals surface area contributed by atoms with Crippen LogP contribution in [0.1, 0.15) is 61.9 Å². The smallest absolute Gasteiger partial charge is 0.333 e. The Balaban J connectivity index is 2.30. The molecule has 0 saturated carbocycles. The molecule has 3 amide bonds. The summed E-state index contributed by atoms with van der Waals surface area (Å²) in [6.07, 6.45) is 3.13. The van der Waals surface area contributed by atoms with Crippen LogP contribution in [0.5, 0.6) is 0 Å². The minimum atomic E-state index is -0.414. The van der Waals surface area contributed by atoms with Crippen LogP contribution in [0.25, 0.3) is 0 Å². The second kappa shape index (κ2) is 8.46. The van der Waals surface area contributed by atoms with Crippen LogP contribution in [0.15, 0.2) is 10.5 Å². The maximum Gasteiger partial charge on any atom is 0.333 e. The summed E-state index contributed by atoms with van der Waals surface area (Å²) < 4.78 is 5.28. The van der Waals surface area contributed by atoms with Crippen LogP contribution in [0.2, 0.25) is 0 Å². The van der Waals surface area contributed by atoms with Gasteiger partial charge in [-0.3, -0.25) is 10.2 Å². The molecule has 6 heteroatoms. The van der Waals surface area contributed by atoms with E-state index in [4.69, 9.17) is 4.42 Å². The van der Waals surface area contributed by atoms with Crippen LogP contribution >= 0.6 is 0 Å². The average Bonchev–Trinajstić information content (AvgIpc) is 2.74. The quantitative estimate of drug-likeness (QED) is 0.706. The molecular weight excluding hydrogens is 282 g/mol. The Morgan fingerprint density at radius 2 is 1.82 bits per heavy atom. The van der Waals surface area contributed by atoms with Gasteiger partial charge in [0.15, 0.2) is 0 Å². The summed E-state index contributed by atoms with van der Waals surface area (Å²) in [4.78, 5) is 23.6. The maximum absolute atomic E-state index is 11.9. The number of carbonyl (C=O) groups excluding carboxylic acids is 2. The van der Waals surface area contributed by atoms with E-state index in [0.29, 0.717) is 23.0 Å². The molecule has 1 rings (SSSR count). The molecule has 0 bridgehead atoms. The molecule has 22 heavy (non-hydrogen) atoms. The fraction of sp³-hybridized carbons (Fsp3) is 0.625. The fourth-order valence-electron chi connectivity index (χ4n) is 2.20. The zero-order valence-electron chi connectivity index (χ0n) is 14.1. The van der Waals surface area contributed by atoms with Crippen molar-refractivity contribution in [2.24, 2.45) is 5.92 Å². The van der Waals surface area contributed by atoms with Crippen molar-refractivity contribution in [3.05, 3.63) is 23.2 Å². The molecule has 0 radical (unpaired) electrons. The number of aryl methyl sites for hydroxylation is 2. The van der Waals surface area contributed by atoms with Crippen LogP contribution in [-0.4, -0.2) is 18.0 Å². The summed E-state index contributed by atoms with van der Waals surface area (Å²) in [7, 11) is 0. The Bertz CT molecular complexity index is 509. The van der Waals surface area contributed by atoms with Gasteiger partial charge in [-0.1, -0.05) is 26.7 Å². The molecule has 0 spiro atoms. The maximum atomic E-state index is 11.9. The first-order chi connectivity index (χ1) is 10.3. The molecule has 124 valence electrons. The lowest BCUT2D eigenvalue weighted by Gasteiger charge is -2.15. The molecule has 6 nitrogen and oxygen atoms in total. The van der Waals surface area contributed by atoms with Crippen molar-refractivity contribution in [3.8, 4) is 0 Å². The zero-order valence-corrected chi connectivity index (χ0v) is 14.1. The molecule has 0 aromatic carbocycles. The van der Waals surface area contributed by atoms with Gasteiger partial charge in [0.2, 0.25) is 0 Å². The second-order valence-corrected chi connectivity index (χ2v) is 6.11. The Morgan fingerprint density at radius 1 is 1.14 bits per heavy atom. The highest BCUT2D eigenvalue weighted by Gasteiger charge is 2.14. The Hall–Kier alpha value is -1.98. The molecule has 0 aliphatic heterocycles. The number of amides is 3. The molecule has 0 saturated heterocycles. The number of hydrazine groups is 1. The molecule has 1 unspecified atom stereocenters. The molecule has 1 heterocycles. The molecular formula is C16H27N3O3. The lowest BCUT2D eigenvalue weighted by Crippen LogP contribution is -2.49. The number of rotatable bonds is 6. The van der Waals surface area contributed by atoms with Gasteiger partial charge in [-0.05, 0) is 39.2 Å². The van der Waals surface area contributed by atoms with E-state index in [2.05, 4.69) is 30.0 Å². The van der Waals surface area contributed by atoms with E-state index in [9.17, 15) is 9.59 Å². The number of carbonyl (C=O) groups is 2. The van der Waals surface area contributed by atoms with Gasteiger partial charge in [0, 0.05) is 6.04 Å². The minimum Gasteiger partial charge on any atom is -0.466 e. The standard InChI is InChI=1S/C16H27N3O3/c1-10(2)7-6-8-11(3)17-16(21)19-18-15(20)14-9-12(4)22-13(14)5/h9-11H,6-8H2,1-5H3,(H,18,20)(H2,17,19,21). The first-order valence-corrected chi connectivity index (χ1v) is 7.73. The summed E-state index contributed by atoms with van der Waals surface area (Å²) in [5.74, 6) is 1.46. The summed E-state index contributed by atoms with van der Waals surface area (Å²) in [6, 6.07) is 1.29. The van der Waals surface area contributed by atoms with E-state index >= 15 is 0 Å². The zero-order chi connectivity index (χ0) is 16.7. The van der Waals surface area contributed by atoms with Crippen molar-refractivity contribution >= 4 is 11.9 Å². The Morgan fingerprint density at radius 3 is 2.36 bits per heavy atom. The van der Waals surface area contributed by atoms with Gasteiger partial charge in [-0.25, -0.2) is 10.2 Å². The molecule has 0 aliphatic carbocycles. The third-order valence-corrected chi connectivity index (χ3v) is 3.37. The van der Waals surface area contributed by atoms with Crippen molar-refractivity contribution in [3.63, 3.8) is 0 Å². The van der Waals surface area contributed by atoms with Crippen molar-refractivity contribution in [2.75, 3.05) is 0 Å². The summed E-state index contributed by atoms with van der Waals surface area (Å²) in [5.41, 5.74) is 5.15. The van der Waals surface area contributed by atoms with Crippen molar-refractivity contribution in [1.82, 2.24) is 16.2 Å². The highest BCUT2D eigenvalue weighted by atomic mass is 16.3. The van der Waals surface area contributed by atoms with Crippen LogP contribution < -0.4 is 16.2 Å². The molecule has 1 atom stereocenters. The first kappa shape index (κ1) is 18.1. The van der Waals surface area contributed by atoms with Crippen LogP contribution in [0.4, 0.5) is 4.79 Å². The van der Waals surface area contributed by atoms with Crippen LogP contribution in [0, 0.1) is 19.8 Å². The van der Waals surface area contributed by atoms with E-state index in [-0.39, 0.29) is 6.04 Å². The van der Waals surface area contributed by atoms with Gasteiger partial charge >= 0.3 is 6.03 Å². The van der Waals surface area contributed by atoms with Crippen molar-refractivity contribution < 1.29 is 14.0 Å². The molecule has 1 aromatic rings. The number of furan rings is 1. The number of hydrogen-bond donors (Lipinski definition) is 3. The Kier molecular flexibility index (Phi) is 6.95. The fourth-order valence-corrected chi connectivity index (χ4v) is 2.20. The summed E-state index contributed by atoms with van der Waals surface area (Å²) >= 11 is 0. The van der Waals surface area contributed by atoms with E-state index in [1.54, 1.807) is 19.9 Å². The van der Waals surface area contributed by atoms with E-state index in [1.807, 2.05) is 6.92 Å².